The fourth-order valence-corrected chi connectivity index (χ4v) is 8.29. The Balaban J connectivity index is 1.23. The number of methoxy groups -OCH3 is 1. The van der Waals surface area contributed by atoms with E-state index in [4.69, 9.17) is 23.9 Å². The van der Waals surface area contributed by atoms with Gasteiger partial charge in [-0.1, -0.05) is 39.8 Å². The molecule has 4 fully saturated rings. The maximum atomic E-state index is 14.6. The summed E-state index contributed by atoms with van der Waals surface area (Å²) in [6.07, 6.45) is 13.1. The van der Waals surface area contributed by atoms with E-state index in [1.165, 1.54) is 11.1 Å². The second kappa shape index (κ2) is 14.2. The number of hydrogen-bond donors (Lipinski definition) is 1. The van der Waals surface area contributed by atoms with Crippen LogP contribution in [0.4, 0.5) is 10.6 Å². The molecule has 0 saturated heterocycles. The van der Waals surface area contributed by atoms with Gasteiger partial charge >= 0.3 is 6.09 Å². The van der Waals surface area contributed by atoms with Crippen LogP contribution in [0.1, 0.15) is 115 Å². The molecule has 2 heterocycles. The predicted molar refractivity (Wildman–Crippen MR) is 191 cm³/mol. The second-order valence-corrected chi connectivity index (χ2v) is 15.9. The number of nitrogens with one attached hydrogen (secondary N) is 1. The highest BCUT2D eigenvalue weighted by Gasteiger charge is 2.51. The minimum atomic E-state index is -0.365. The number of nitrogens with zero attached hydrogens (tertiary/aromatic N) is 3. The summed E-state index contributed by atoms with van der Waals surface area (Å²) >= 11 is 0. The number of amides is 2. The van der Waals surface area contributed by atoms with E-state index in [1.807, 2.05) is 24.0 Å². The Kier molecular flexibility index (Phi) is 10.1. The standard InChI is InChI=1S/C40H54N4O5/c1-7-21-42-37(46)49-31-11-8-28(9-12-31)35(45)44(34-24-29(14-22-41-34)32-25-48-36(43-32)38(3,4)5)26-39-15-18-40(19-16-39,20-17-39)30-10-13-33(47-6)27(2)23-30/h10,13-14,22-25,28,31H,7-9,11-12,15-21,26H2,1-6H3,(H,42,46)/t28-,31-,39?,40?. The molecule has 0 atom stereocenters. The smallest absolute Gasteiger partial charge is 0.407 e. The van der Waals surface area contributed by atoms with Crippen LogP contribution in [0.3, 0.4) is 0 Å². The number of carbonyl (C=O) groups is 2. The molecule has 2 amide bonds. The van der Waals surface area contributed by atoms with Gasteiger partial charge in [0.2, 0.25) is 5.91 Å². The van der Waals surface area contributed by atoms with Gasteiger partial charge in [0.25, 0.3) is 0 Å². The van der Waals surface area contributed by atoms with Crippen molar-refractivity contribution in [2.75, 3.05) is 25.1 Å². The van der Waals surface area contributed by atoms with E-state index < -0.39 is 0 Å². The van der Waals surface area contributed by atoms with Crippen LogP contribution in [0.2, 0.25) is 0 Å². The third-order valence-corrected chi connectivity index (χ3v) is 11.4. The monoisotopic (exact) mass is 670 g/mol. The molecule has 7 rings (SSSR count). The number of aryl methyl sites for hydroxylation is 1. The lowest BCUT2D eigenvalue weighted by Gasteiger charge is -2.55. The van der Waals surface area contributed by atoms with Crippen molar-refractivity contribution < 1.29 is 23.5 Å². The summed E-state index contributed by atoms with van der Waals surface area (Å²) < 4.78 is 17.1. The van der Waals surface area contributed by atoms with Crippen LogP contribution < -0.4 is 15.0 Å². The molecule has 9 nitrogen and oxygen atoms in total. The number of benzene rings is 1. The Labute approximate surface area is 291 Å². The Hall–Kier alpha value is -3.88. The number of pyridine rings is 1. The van der Waals surface area contributed by atoms with Crippen molar-refractivity contribution in [1.29, 1.82) is 0 Å². The summed E-state index contributed by atoms with van der Waals surface area (Å²) in [5, 5.41) is 2.80. The molecule has 4 aliphatic rings. The zero-order chi connectivity index (χ0) is 34.8. The van der Waals surface area contributed by atoms with E-state index in [9.17, 15) is 9.59 Å². The number of rotatable bonds is 10. The van der Waals surface area contributed by atoms with Gasteiger partial charge < -0.3 is 19.2 Å². The Morgan fingerprint density at radius 3 is 2.35 bits per heavy atom. The van der Waals surface area contributed by atoms with E-state index >= 15 is 0 Å². The largest absolute Gasteiger partial charge is 0.496 e. The van der Waals surface area contributed by atoms with Gasteiger partial charge in [0.1, 0.15) is 29.6 Å². The van der Waals surface area contributed by atoms with Gasteiger partial charge in [-0.25, -0.2) is 14.8 Å². The number of fused-ring (bicyclic) bond motifs is 3. The summed E-state index contributed by atoms with van der Waals surface area (Å²) in [6, 6.07) is 10.6. The first-order valence-electron chi connectivity index (χ1n) is 18.3. The first-order valence-corrected chi connectivity index (χ1v) is 18.3. The quantitative estimate of drug-likeness (QED) is 0.230. The molecule has 0 unspecified atom stereocenters. The highest BCUT2D eigenvalue weighted by molar-refractivity contribution is 5.95. The molecule has 3 aromatic rings. The van der Waals surface area contributed by atoms with Crippen molar-refractivity contribution >= 4 is 17.8 Å². The normalized spacial score (nSPS) is 25.1. The third kappa shape index (κ3) is 7.51. The average molecular weight is 671 g/mol. The number of carbonyl (C=O) groups excluding carboxylic acids is 2. The number of ether oxygens (including phenoxy) is 2. The highest BCUT2D eigenvalue weighted by Crippen LogP contribution is 2.58. The lowest BCUT2D eigenvalue weighted by Crippen LogP contribution is -2.52. The molecule has 0 spiro atoms. The van der Waals surface area contributed by atoms with E-state index in [-0.39, 0.29) is 40.3 Å². The number of alkyl carbamates (subject to hydrolysis) is 1. The molecule has 1 N–H and O–H groups in total. The van der Waals surface area contributed by atoms with Crippen LogP contribution in [0, 0.1) is 18.3 Å². The zero-order valence-corrected chi connectivity index (χ0v) is 30.3. The van der Waals surface area contributed by atoms with Gasteiger partial charge in [-0.3, -0.25) is 9.69 Å². The minimum Gasteiger partial charge on any atom is -0.496 e. The summed E-state index contributed by atoms with van der Waals surface area (Å²) in [6.45, 7) is 11.6. The Morgan fingerprint density at radius 2 is 1.73 bits per heavy atom. The Bertz CT molecular complexity index is 1610. The van der Waals surface area contributed by atoms with Crippen molar-refractivity contribution in [3.05, 3.63) is 59.8 Å². The van der Waals surface area contributed by atoms with E-state index in [1.54, 1.807) is 19.6 Å². The van der Waals surface area contributed by atoms with Gasteiger partial charge in [0.15, 0.2) is 5.89 Å². The van der Waals surface area contributed by atoms with Crippen molar-refractivity contribution in [2.45, 2.75) is 122 Å². The first-order chi connectivity index (χ1) is 23.4. The van der Waals surface area contributed by atoms with Crippen LogP contribution in [0.25, 0.3) is 11.3 Å². The van der Waals surface area contributed by atoms with Crippen LogP contribution in [0.15, 0.2) is 47.2 Å². The van der Waals surface area contributed by atoms with Gasteiger partial charge in [-0.2, -0.15) is 0 Å². The second-order valence-electron chi connectivity index (χ2n) is 15.9. The van der Waals surface area contributed by atoms with Crippen molar-refractivity contribution in [3.8, 4) is 17.0 Å². The van der Waals surface area contributed by atoms with E-state index in [0.717, 1.165) is 62.0 Å². The number of oxazole rings is 1. The molecule has 1 aromatic carbocycles. The topological polar surface area (TPSA) is 107 Å². The van der Waals surface area contributed by atoms with E-state index in [0.29, 0.717) is 50.5 Å². The molecule has 2 aromatic heterocycles. The van der Waals surface area contributed by atoms with Crippen LogP contribution >= 0.6 is 0 Å². The number of hydrogen-bond acceptors (Lipinski definition) is 7. The predicted octanol–water partition coefficient (Wildman–Crippen LogP) is 8.67. The molecular formula is C40H54N4O5. The lowest BCUT2D eigenvalue weighted by molar-refractivity contribution is -0.124. The SMILES string of the molecule is CCCNC(=O)O[C@H]1CC[C@H](C(=O)N(CC23CCC(c4ccc(OC)c(C)c4)(CC2)CC3)c2cc(-c3coc(C(C)(C)C)n3)ccn2)CC1. The molecule has 9 heteroatoms. The molecule has 0 aliphatic heterocycles. The fourth-order valence-electron chi connectivity index (χ4n) is 8.29. The lowest BCUT2D eigenvalue weighted by atomic mass is 9.51. The molecule has 264 valence electrons. The van der Waals surface area contributed by atoms with Gasteiger partial charge in [0, 0.05) is 36.2 Å². The van der Waals surface area contributed by atoms with Crippen molar-refractivity contribution in [1.82, 2.24) is 15.3 Å². The summed E-state index contributed by atoms with van der Waals surface area (Å²) in [4.78, 5) is 38.4. The van der Waals surface area contributed by atoms with Gasteiger partial charge in [0.05, 0.1) is 7.11 Å². The maximum absolute atomic E-state index is 14.6. The molecule has 4 aliphatic carbocycles. The summed E-state index contributed by atoms with van der Waals surface area (Å²) in [7, 11) is 1.73. The van der Waals surface area contributed by atoms with E-state index in [2.05, 4.69) is 51.2 Å². The third-order valence-electron chi connectivity index (χ3n) is 11.4. The molecule has 4 saturated carbocycles. The minimum absolute atomic E-state index is 0.0432. The summed E-state index contributed by atoms with van der Waals surface area (Å²) in [5.74, 6) is 2.26. The summed E-state index contributed by atoms with van der Waals surface area (Å²) in [5.41, 5.74) is 4.25. The molecule has 49 heavy (non-hydrogen) atoms. The number of anilines is 1. The Morgan fingerprint density at radius 1 is 1.02 bits per heavy atom. The molecule has 2 bridgehead atoms. The maximum Gasteiger partial charge on any atom is 0.407 e. The van der Waals surface area contributed by atoms with Crippen LogP contribution in [0.5, 0.6) is 5.75 Å². The van der Waals surface area contributed by atoms with Crippen molar-refractivity contribution in [3.63, 3.8) is 0 Å². The number of aromatic nitrogens is 2. The fraction of sp³-hybridized carbons (Fsp3) is 0.600. The first kappa shape index (κ1) is 35.0. The van der Waals surface area contributed by atoms with Crippen LogP contribution in [-0.2, 0) is 20.4 Å². The highest BCUT2D eigenvalue weighted by atomic mass is 16.6. The molecule has 0 radical (unpaired) electrons. The van der Waals surface area contributed by atoms with Gasteiger partial charge in [-0.15, -0.1) is 0 Å². The van der Waals surface area contributed by atoms with Gasteiger partial charge in [-0.05, 0) is 118 Å². The average Bonchev–Trinajstić information content (AvgIpc) is 3.62. The van der Waals surface area contributed by atoms with Crippen LogP contribution in [-0.4, -0.2) is 48.3 Å². The molecular weight excluding hydrogens is 616 g/mol. The van der Waals surface area contributed by atoms with Crippen molar-refractivity contribution in [2.24, 2.45) is 11.3 Å². The zero-order valence-electron chi connectivity index (χ0n) is 30.3.